The van der Waals surface area contributed by atoms with E-state index in [9.17, 15) is 4.79 Å². The molecule has 0 bridgehead atoms. The van der Waals surface area contributed by atoms with Crippen LogP contribution < -0.4 is 10.6 Å². The van der Waals surface area contributed by atoms with Crippen LogP contribution in [0.15, 0.2) is 36.4 Å². The van der Waals surface area contributed by atoms with E-state index in [2.05, 4.69) is 72.7 Å². The topological polar surface area (TPSA) is 44.4 Å². The molecule has 2 heterocycles. The normalized spacial score (nSPS) is 17.0. The maximum Gasteiger partial charge on any atom is 0.315 e. The third-order valence-electron chi connectivity index (χ3n) is 5.07. The number of nitrogens with zero attached hydrogens (tertiary/aromatic N) is 1. The van der Waals surface area contributed by atoms with E-state index < -0.39 is 0 Å². The third kappa shape index (κ3) is 5.08. The molecule has 0 radical (unpaired) electrons. The second kappa shape index (κ2) is 8.69. The van der Waals surface area contributed by atoms with E-state index in [1.807, 2.05) is 0 Å². The maximum atomic E-state index is 12.4. The lowest BCUT2D eigenvalue weighted by Gasteiger charge is -2.32. The summed E-state index contributed by atoms with van der Waals surface area (Å²) in [5, 5.41) is 6.25. The van der Waals surface area contributed by atoms with Gasteiger partial charge in [-0.25, -0.2) is 4.79 Å². The molecule has 0 unspecified atom stereocenters. The molecule has 2 amide bonds. The summed E-state index contributed by atoms with van der Waals surface area (Å²) in [7, 11) is 0. The van der Waals surface area contributed by atoms with Gasteiger partial charge in [-0.15, -0.1) is 11.3 Å². The predicted octanol–water partition coefficient (Wildman–Crippen LogP) is 4.39. The molecule has 0 spiro atoms. The van der Waals surface area contributed by atoms with Crippen LogP contribution in [0, 0.1) is 13.8 Å². The minimum Gasteiger partial charge on any atom is -0.335 e. The van der Waals surface area contributed by atoms with Crippen LogP contribution in [0.2, 0.25) is 0 Å². The highest BCUT2D eigenvalue weighted by molar-refractivity contribution is 7.12. The summed E-state index contributed by atoms with van der Waals surface area (Å²) < 4.78 is 0. The Morgan fingerprint density at radius 1 is 1.23 bits per heavy atom. The van der Waals surface area contributed by atoms with Crippen molar-refractivity contribution in [3.63, 3.8) is 0 Å². The Kier molecular flexibility index (Phi) is 6.33. The van der Waals surface area contributed by atoms with Crippen molar-refractivity contribution in [3.8, 4) is 0 Å². The van der Waals surface area contributed by atoms with E-state index in [-0.39, 0.29) is 18.1 Å². The number of benzene rings is 1. The number of amides is 2. The van der Waals surface area contributed by atoms with Crippen molar-refractivity contribution in [1.29, 1.82) is 0 Å². The fourth-order valence-corrected chi connectivity index (χ4v) is 4.68. The van der Waals surface area contributed by atoms with Crippen molar-refractivity contribution in [2.45, 2.75) is 52.2 Å². The lowest BCUT2D eigenvalue weighted by molar-refractivity contribution is 0.186. The molecule has 1 aliphatic rings. The molecule has 1 aliphatic heterocycles. The Balaban J connectivity index is 1.42. The number of aryl methyl sites for hydroxylation is 2. The molecule has 2 aromatic rings. The smallest absolute Gasteiger partial charge is 0.315 e. The van der Waals surface area contributed by atoms with Gasteiger partial charge in [-0.1, -0.05) is 30.3 Å². The zero-order valence-corrected chi connectivity index (χ0v) is 16.7. The summed E-state index contributed by atoms with van der Waals surface area (Å²) in [6.07, 6.45) is 2.01. The largest absolute Gasteiger partial charge is 0.335 e. The van der Waals surface area contributed by atoms with E-state index in [1.54, 1.807) is 11.3 Å². The van der Waals surface area contributed by atoms with Gasteiger partial charge in [-0.3, -0.25) is 4.90 Å². The van der Waals surface area contributed by atoms with Crippen molar-refractivity contribution >= 4 is 17.4 Å². The number of carbonyl (C=O) groups is 1. The number of rotatable bonds is 5. The number of likely N-dealkylation sites (tertiary alicyclic amines) is 1. The van der Waals surface area contributed by atoms with E-state index >= 15 is 0 Å². The number of hydrogen-bond acceptors (Lipinski definition) is 3. The van der Waals surface area contributed by atoms with E-state index in [0.717, 1.165) is 32.5 Å². The van der Waals surface area contributed by atoms with Gasteiger partial charge in [-0.2, -0.15) is 0 Å². The lowest BCUT2D eigenvalue weighted by atomic mass is 10.0. The lowest BCUT2D eigenvalue weighted by Crippen LogP contribution is -2.48. The molecule has 140 valence electrons. The maximum absolute atomic E-state index is 12.4. The van der Waals surface area contributed by atoms with Gasteiger partial charge in [0.2, 0.25) is 0 Å². The van der Waals surface area contributed by atoms with Crippen LogP contribution in [0.25, 0.3) is 0 Å². The summed E-state index contributed by atoms with van der Waals surface area (Å²) in [5.74, 6) is 0. The van der Waals surface area contributed by atoms with Crippen LogP contribution in [0.3, 0.4) is 0 Å². The molecule has 1 atom stereocenters. The number of thiophene rings is 1. The molecule has 4 nitrogen and oxygen atoms in total. The Labute approximate surface area is 160 Å². The van der Waals surface area contributed by atoms with Crippen LogP contribution >= 0.6 is 11.3 Å². The molecule has 1 aromatic heterocycles. The van der Waals surface area contributed by atoms with Gasteiger partial charge in [0.05, 0.1) is 6.04 Å². The second-order valence-corrected chi connectivity index (χ2v) is 8.70. The highest BCUT2D eigenvalue weighted by Crippen LogP contribution is 2.26. The number of carbonyl (C=O) groups excluding carboxylic acids is 1. The van der Waals surface area contributed by atoms with Gasteiger partial charge in [0.1, 0.15) is 0 Å². The fraction of sp³-hybridized carbons (Fsp3) is 0.476. The number of piperidine rings is 1. The SMILES string of the molecule is Cc1cc([C@@H](C)NC(=O)NC2CCN(Cc3ccccc3)CC2)c(C)s1. The molecular formula is C21H29N3OS. The third-order valence-corrected chi connectivity index (χ3v) is 6.05. The second-order valence-electron chi connectivity index (χ2n) is 7.24. The number of urea groups is 1. The summed E-state index contributed by atoms with van der Waals surface area (Å²) in [6, 6.07) is 13.0. The van der Waals surface area contributed by atoms with Gasteiger partial charge in [0.15, 0.2) is 0 Å². The minimum atomic E-state index is -0.0535. The highest BCUT2D eigenvalue weighted by Gasteiger charge is 2.22. The van der Waals surface area contributed by atoms with Crippen LogP contribution in [0.5, 0.6) is 0 Å². The number of hydrogen-bond donors (Lipinski definition) is 2. The Morgan fingerprint density at radius 3 is 2.54 bits per heavy atom. The molecule has 3 rings (SSSR count). The van der Waals surface area contributed by atoms with Crippen LogP contribution in [-0.2, 0) is 6.54 Å². The standard InChI is InChI=1S/C21H29N3OS/c1-15-13-20(17(3)26-15)16(2)22-21(25)23-19-9-11-24(12-10-19)14-18-7-5-4-6-8-18/h4-8,13,16,19H,9-12,14H2,1-3H3,(H2,22,23,25)/t16-/m1/s1. The van der Waals surface area contributed by atoms with Crippen molar-refractivity contribution in [3.05, 3.63) is 57.3 Å². The van der Waals surface area contributed by atoms with E-state index in [1.165, 1.54) is 20.9 Å². The summed E-state index contributed by atoms with van der Waals surface area (Å²) in [5.41, 5.74) is 2.58. The first-order valence-electron chi connectivity index (χ1n) is 9.41. The summed E-state index contributed by atoms with van der Waals surface area (Å²) >= 11 is 1.78. The molecule has 0 aliphatic carbocycles. The molecule has 1 aromatic carbocycles. The fourth-order valence-electron chi connectivity index (χ4n) is 3.66. The van der Waals surface area contributed by atoms with Crippen LogP contribution in [0.1, 0.15) is 46.7 Å². The first-order valence-corrected chi connectivity index (χ1v) is 10.2. The predicted molar refractivity (Wildman–Crippen MR) is 109 cm³/mol. The minimum absolute atomic E-state index is 0.0399. The van der Waals surface area contributed by atoms with Crippen molar-refractivity contribution < 1.29 is 4.79 Å². The Hall–Kier alpha value is -1.85. The molecule has 5 heteroatoms. The van der Waals surface area contributed by atoms with Crippen LogP contribution in [0.4, 0.5) is 4.79 Å². The van der Waals surface area contributed by atoms with Crippen molar-refractivity contribution in [2.24, 2.45) is 0 Å². The quantitative estimate of drug-likeness (QED) is 0.819. The molecule has 0 saturated carbocycles. The van der Waals surface area contributed by atoms with E-state index in [0.29, 0.717) is 0 Å². The van der Waals surface area contributed by atoms with Crippen LogP contribution in [-0.4, -0.2) is 30.1 Å². The molecule has 1 fully saturated rings. The van der Waals surface area contributed by atoms with Gasteiger partial charge in [0, 0.05) is 35.4 Å². The van der Waals surface area contributed by atoms with Gasteiger partial charge in [-0.05, 0) is 50.8 Å². The molecular weight excluding hydrogens is 342 g/mol. The van der Waals surface area contributed by atoms with Crippen molar-refractivity contribution in [2.75, 3.05) is 13.1 Å². The molecule has 2 N–H and O–H groups in total. The van der Waals surface area contributed by atoms with Gasteiger partial charge < -0.3 is 10.6 Å². The summed E-state index contributed by atoms with van der Waals surface area (Å²) in [6.45, 7) is 9.32. The first kappa shape index (κ1) is 18.9. The van der Waals surface area contributed by atoms with Gasteiger partial charge in [0.25, 0.3) is 0 Å². The summed E-state index contributed by atoms with van der Waals surface area (Å²) in [4.78, 5) is 17.4. The Morgan fingerprint density at radius 2 is 1.92 bits per heavy atom. The average Bonchev–Trinajstić information content (AvgIpc) is 2.96. The molecule has 1 saturated heterocycles. The average molecular weight is 372 g/mol. The molecule has 26 heavy (non-hydrogen) atoms. The first-order chi connectivity index (χ1) is 12.5. The van der Waals surface area contributed by atoms with Gasteiger partial charge >= 0.3 is 6.03 Å². The van der Waals surface area contributed by atoms with E-state index in [4.69, 9.17) is 0 Å². The Bertz CT molecular complexity index is 720. The zero-order valence-electron chi connectivity index (χ0n) is 15.9. The zero-order chi connectivity index (χ0) is 18.5. The highest BCUT2D eigenvalue weighted by atomic mass is 32.1. The van der Waals surface area contributed by atoms with Crippen molar-refractivity contribution in [1.82, 2.24) is 15.5 Å². The number of nitrogens with one attached hydrogen (secondary N) is 2. The monoisotopic (exact) mass is 371 g/mol.